The number of benzene rings is 1. The van der Waals surface area contributed by atoms with E-state index in [0.29, 0.717) is 17.2 Å². The number of carbonyl (C=O) groups excluding carboxylic acids is 1. The molecule has 4 rings (SSSR count). The molecule has 1 amide bonds. The SMILES string of the molecule is O=C(NO)c1cc(CCCCN2C=CC3=C(CCC=C3Cl)c3cc(Cl)ccc32)on1. The Balaban J connectivity index is 1.45. The molecule has 2 heterocycles. The van der Waals surface area contributed by atoms with Gasteiger partial charge in [0.25, 0.3) is 5.91 Å². The van der Waals surface area contributed by atoms with Gasteiger partial charge in [-0.1, -0.05) is 34.4 Å². The monoisotopic (exact) mass is 445 g/mol. The summed E-state index contributed by atoms with van der Waals surface area (Å²) in [6.45, 7) is 0.811. The lowest BCUT2D eigenvalue weighted by atomic mass is 9.91. The molecule has 0 saturated carbocycles. The second-order valence-electron chi connectivity index (χ2n) is 7.23. The molecule has 1 aliphatic carbocycles. The Bertz CT molecular complexity index is 1060. The second kappa shape index (κ2) is 9.08. The molecule has 0 radical (unpaired) electrons. The Morgan fingerprint density at radius 1 is 1.27 bits per heavy atom. The second-order valence-corrected chi connectivity index (χ2v) is 8.07. The van der Waals surface area contributed by atoms with Crippen LogP contribution in [0, 0.1) is 0 Å². The standard InChI is InChI=1S/C22H21Cl2N3O3/c23-14-7-8-21-18(12-14)16-5-3-6-19(24)17(16)9-11-27(21)10-2-1-4-15-13-20(26-30-15)22(28)25-29/h6-9,11-13,29H,1-5,10H2,(H,25,28). The highest BCUT2D eigenvalue weighted by atomic mass is 35.5. The molecule has 1 aromatic carbocycles. The summed E-state index contributed by atoms with van der Waals surface area (Å²) < 4.78 is 5.15. The lowest BCUT2D eigenvalue weighted by Crippen LogP contribution is -2.18. The molecule has 0 spiro atoms. The fourth-order valence-corrected chi connectivity index (χ4v) is 4.27. The number of hydrogen-bond acceptors (Lipinski definition) is 5. The molecule has 2 aromatic rings. The molecule has 0 atom stereocenters. The summed E-state index contributed by atoms with van der Waals surface area (Å²) in [5.74, 6) is -0.0691. The highest BCUT2D eigenvalue weighted by molar-refractivity contribution is 6.33. The van der Waals surface area contributed by atoms with E-state index in [9.17, 15) is 4.79 Å². The third kappa shape index (κ3) is 4.31. The Labute approximate surface area is 184 Å². The zero-order chi connectivity index (χ0) is 21.1. The Hall–Kier alpha value is -2.54. The smallest absolute Gasteiger partial charge is 0.296 e. The van der Waals surface area contributed by atoms with Gasteiger partial charge in [0.1, 0.15) is 5.76 Å². The van der Waals surface area contributed by atoms with Crippen LogP contribution in [-0.4, -0.2) is 22.8 Å². The van der Waals surface area contributed by atoms with Crippen LogP contribution in [-0.2, 0) is 6.42 Å². The fourth-order valence-electron chi connectivity index (χ4n) is 3.81. The van der Waals surface area contributed by atoms with E-state index >= 15 is 0 Å². The van der Waals surface area contributed by atoms with Gasteiger partial charge in [-0.2, -0.15) is 0 Å². The van der Waals surface area contributed by atoms with Crippen molar-refractivity contribution in [2.24, 2.45) is 0 Å². The Kier molecular flexibility index (Phi) is 6.27. The summed E-state index contributed by atoms with van der Waals surface area (Å²) in [4.78, 5) is 13.6. The molecule has 1 aliphatic heterocycles. The number of hydroxylamine groups is 1. The molecule has 30 heavy (non-hydrogen) atoms. The summed E-state index contributed by atoms with van der Waals surface area (Å²) >= 11 is 12.8. The van der Waals surface area contributed by atoms with Crippen LogP contribution in [0.3, 0.4) is 0 Å². The van der Waals surface area contributed by atoms with E-state index in [1.807, 2.05) is 12.1 Å². The van der Waals surface area contributed by atoms with Crippen molar-refractivity contribution < 1.29 is 14.5 Å². The molecule has 0 bridgehead atoms. The van der Waals surface area contributed by atoms with Crippen molar-refractivity contribution in [1.82, 2.24) is 10.6 Å². The van der Waals surface area contributed by atoms with Crippen LogP contribution in [0.5, 0.6) is 0 Å². The van der Waals surface area contributed by atoms with Crippen LogP contribution in [0.4, 0.5) is 5.69 Å². The molecule has 0 saturated heterocycles. The first-order valence-corrected chi connectivity index (χ1v) is 10.6. The zero-order valence-corrected chi connectivity index (χ0v) is 17.7. The van der Waals surface area contributed by atoms with Crippen molar-refractivity contribution in [3.63, 3.8) is 0 Å². The molecule has 6 nitrogen and oxygen atoms in total. The third-order valence-corrected chi connectivity index (χ3v) is 5.87. The number of nitrogens with zero attached hydrogens (tertiary/aromatic N) is 2. The van der Waals surface area contributed by atoms with Crippen LogP contribution >= 0.6 is 23.2 Å². The molecule has 0 fully saturated rings. The van der Waals surface area contributed by atoms with Crippen molar-refractivity contribution in [2.75, 3.05) is 11.4 Å². The van der Waals surface area contributed by atoms with Crippen LogP contribution in [0.15, 0.2) is 57.7 Å². The van der Waals surface area contributed by atoms with Gasteiger partial charge in [-0.15, -0.1) is 0 Å². The fraction of sp³-hybridized carbons (Fsp3) is 0.273. The lowest BCUT2D eigenvalue weighted by molar-refractivity contribution is 0.0696. The normalized spacial score (nSPS) is 15.4. The topological polar surface area (TPSA) is 78.6 Å². The minimum absolute atomic E-state index is 0.0651. The number of fused-ring (bicyclic) bond motifs is 2. The number of allylic oxidation sites excluding steroid dienone is 5. The van der Waals surface area contributed by atoms with Gasteiger partial charge < -0.3 is 9.42 Å². The average Bonchev–Trinajstić information content (AvgIpc) is 3.16. The number of anilines is 1. The van der Waals surface area contributed by atoms with Gasteiger partial charge in [0.05, 0.1) is 0 Å². The number of aryl methyl sites for hydroxylation is 1. The molecular weight excluding hydrogens is 425 g/mol. The largest absolute Gasteiger partial charge is 0.361 e. The molecule has 0 unspecified atom stereocenters. The lowest BCUT2D eigenvalue weighted by Gasteiger charge is -2.24. The molecule has 156 valence electrons. The first kappa shape index (κ1) is 20.7. The van der Waals surface area contributed by atoms with Crippen molar-refractivity contribution in [2.45, 2.75) is 32.1 Å². The van der Waals surface area contributed by atoms with Crippen LogP contribution < -0.4 is 10.4 Å². The predicted molar refractivity (Wildman–Crippen MR) is 117 cm³/mol. The van der Waals surface area contributed by atoms with Gasteiger partial charge in [-0.05, 0) is 61.1 Å². The number of unbranched alkanes of at least 4 members (excludes halogenated alkanes) is 1. The summed E-state index contributed by atoms with van der Waals surface area (Å²) in [6, 6.07) is 7.53. The highest BCUT2D eigenvalue weighted by Gasteiger charge is 2.22. The Morgan fingerprint density at radius 2 is 2.13 bits per heavy atom. The van der Waals surface area contributed by atoms with Crippen LogP contribution in [0.2, 0.25) is 5.02 Å². The van der Waals surface area contributed by atoms with E-state index in [1.54, 1.807) is 11.5 Å². The maximum Gasteiger partial charge on any atom is 0.296 e. The van der Waals surface area contributed by atoms with Gasteiger partial charge >= 0.3 is 0 Å². The quantitative estimate of drug-likeness (QED) is 0.349. The summed E-state index contributed by atoms with van der Waals surface area (Å²) in [5, 5.41) is 13.8. The average molecular weight is 446 g/mol. The van der Waals surface area contributed by atoms with E-state index in [-0.39, 0.29) is 5.69 Å². The van der Waals surface area contributed by atoms with Gasteiger partial charge in [0, 0.05) is 46.5 Å². The first-order valence-electron chi connectivity index (χ1n) is 9.81. The number of aromatic nitrogens is 1. The third-order valence-electron chi connectivity index (χ3n) is 5.28. The number of carbonyl (C=O) groups is 1. The molecule has 1 aromatic heterocycles. The van der Waals surface area contributed by atoms with E-state index in [1.165, 1.54) is 5.57 Å². The van der Waals surface area contributed by atoms with Crippen LogP contribution in [0.1, 0.15) is 47.5 Å². The minimum Gasteiger partial charge on any atom is -0.361 e. The number of rotatable bonds is 6. The number of amides is 1. The van der Waals surface area contributed by atoms with E-state index in [4.69, 9.17) is 32.9 Å². The number of halogens is 2. The summed E-state index contributed by atoms with van der Waals surface area (Å²) in [5.41, 5.74) is 6.15. The summed E-state index contributed by atoms with van der Waals surface area (Å²) in [7, 11) is 0. The van der Waals surface area contributed by atoms with E-state index in [0.717, 1.165) is 54.1 Å². The molecule has 8 heteroatoms. The van der Waals surface area contributed by atoms with Crippen LogP contribution in [0.25, 0.3) is 5.57 Å². The van der Waals surface area contributed by atoms with Gasteiger partial charge in [-0.25, -0.2) is 5.48 Å². The molecular formula is C22H21Cl2N3O3. The minimum atomic E-state index is -0.681. The van der Waals surface area contributed by atoms with Crippen molar-refractivity contribution in [3.05, 3.63) is 75.3 Å². The molecule has 2 aliphatic rings. The maximum atomic E-state index is 11.3. The maximum absolute atomic E-state index is 11.3. The number of nitrogens with one attached hydrogen (secondary N) is 1. The van der Waals surface area contributed by atoms with Crippen molar-refractivity contribution in [1.29, 1.82) is 0 Å². The molecule has 2 N–H and O–H groups in total. The first-order chi connectivity index (χ1) is 14.6. The van der Waals surface area contributed by atoms with Gasteiger partial charge in [0.15, 0.2) is 5.69 Å². The number of hydrogen-bond donors (Lipinski definition) is 2. The summed E-state index contributed by atoms with van der Waals surface area (Å²) in [6.07, 6.45) is 10.5. The Morgan fingerprint density at radius 3 is 2.97 bits per heavy atom. The van der Waals surface area contributed by atoms with Crippen molar-refractivity contribution in [3.8, 4) is 0 Å². The van der Waals surface area contributed by atoms with Gasteiger partial charge in [0.2, 0.25) is 0 Å². The van der Waals surface area contributed by atoms with Gasteiger partial charge in [-0.3, -0.25) is 10.0 Å². The van der Waals surface area contributed by atoms with Crippen molar-refractivity contribution >= 4 is 40.4 Å². The zero-order valence-electron chi connectivity index (χ0n) is 16.2. The highest BCUT2D eigenvalue weighted by Crippen LogP contribution is 2.42. The van der Waals surface area contributed by atoms with E-state index in [2.05, 4.69) is 34.5 Å². The predicted octanol–water partition coefficient (Wildman–Crippen LogP) is 5.47. The van der Waals surface area contributed by atoms with E-state index < -0.39 is 5.91 Å².